The van der Waals surface area contributed by atoms with Gasteiger partial charge in [0.25, 0.3) is 0 Å². The molecule has 2 heteroatoms. The molecule has 0 aromatic heterocycles. The van der Waals surface area contributed by atoms with Crippen LogP contribution in [0.1, 0.15) is 25.0 Å². The predicted octanol–water partition coefficient (Wildman–Crippen LogP) is 2.74. The predicted molar refractivity (Wildman–Crippen MR) is 72.3 cm³/mol. The molecule has 0 aliphatic heterocycles. The van der Waals surface area contributed by atoms with Gasteiger partial charge in [0.05, 0.1) is 0 Å². The number of benzene rings is 1. The number of rotatable bonds is 5. The Hall–Kier alpha value is -1.02. The Morgan fingerprint density at radius 1 is 1.19 bits per heavy atom. The first kappa shape index (κ1) is 13.0. The standard InChI is InChI=1S/C14H24N2/c1-11(2)15-8-9-16(5)14-7-6-12(3)13(4)10-14/h6-7,10-11,15H,8-9H2,1-5H3. The van der Waals surface area contributed by atoms with Gasteiger partial charge in [0.1, 0.15) is 0 Å². The zero-order valence-corrected chi connectivity index (χ0v) is 11.2. The van der Waals surface area contributed by atoms with Gasteiger partial charge in [-0.2, -0.15) is 0 Å². The van der Waals surface area contributed by atoms with Gasteiger partial charge in [-0.05, 0) is 37.1 Å². The highest BCUT2D eigenvalue weighted by atomic mass is 15.1. The number of aryl methyl sites for hydroxylation is 2. The first-order valence-electron chi connectivity index (χ1n) is 6.02. The third kappa shape index (κ3) is 3.86. The summed E-state index contributed by atoms with van der Waals surface area (Å²) in [6.45, 7) is 10.7. The number of anilines is 1. The highest BCUT2D eigenvalue weighted by Crippen LogP contribution is 2.17. The SMILES string of the molecule is Cc1ccc(N(C)CCNC(C)C)cc1C. The smallest absolute Gasteiger partial charge is 0.0366 e. The topological polar surface area (TPSA) is 15.3 Å². The van der Waals surface area contributed by atoms with Crippen molar-refractivity contribution in [1.29, 1.82) is 0 Å². The third-order valence-electron chi connectivity index (χ3n) is 2.93. The van der Waals surface area contributed by atoms with E-state index in [9.17, 15) is 0 Å². The molecule has 0 fully saturated rings. The molecule has 0 saturated carbocycles. The summed E-state index contributed by atoms with van der Waals surface area (Å²) in [4.78, 5) is 2.29. The van der Waals surface area contributed by atoms with Crippen LogP contribution in [0.4, 0.5) is 5.69 Å². The zero-order valence-electron chi connectivity index (χ0n) is 11.2. The minimum atomic E-state index is 0.563. The molecule has 1 rings (SSSR count). The van der Waals surface area contributed by atoms with Crippen molar-refractivity contribution in [2.75, 3.05) is 25.0 Å². The van der Waals surface area contributed by atoms with E-state index in [0.717, 1.165) is 13.1 Å². The summed E-state index contributed by atoms with van der Waals surface area (Å²) < 4.78 is 0. The van der Waals surface area contributed by atoms with E-state index in [-0.39, 0.29) is 0 Å². The summed E-state index contributed by atoms with van der Waals surface area (Å²) in [5.74, 6) is 0. The van der Waals surface area contributed by atoms with Crippen LogP contribution in [-0.2, 0) is 0 Å². The van der Waals surface area contributed by atoms with Crippen LogP contribution in [0.25, 0.3) is 0 Å². The fourth-order valence-electron chi connectivity index (χ4n) is 1.61. The van der Waals surface area contributed by atoms with Crippen molar-refractivity contribution < 1.29 is 0 Å². The maximum atomic E-state index is 3.43. The number of nitrogens with zero attached hydrogens (tertiary/aromatic N) is 1. The Morgan fingerprint density at radius 2 is 1.88 bits per heavy atom. The lowest BCUT2D eigenvalue weighted by atomic mass is 10.1. The molecule has 0 spiro atoms. The van der Waals surface area contributed by atoms with Crippen LogP contribution in [0.2, 0.25) is 0 Å². The van der Waals surface area contributed by atoms with E-state index in [4.69, 9.17) is 0 Å². The van der Waals surface area contributed by atoms with Crippen molar-refractivity contribution in [1.82, 2.24) is 5.32 Å². The van der Waals surface area contributed by atoms with Gasteiger partial charge in [0.15, 0.2) is 0 Å². The zero-order chi connectivity index (χ0) is 12.1. The van der Waals surface area contributed by atoms with Gasteiger partial charge in [-0.3, -0.25) is 0 Å². The summed E-state index contributed by atoms with van der Waals surface area (Å²) in [5, 5.41) is 3.43. The molecule has 0 radical (unpaired) electrons. The van der Waals surface area contributed by atoms with Crippen molar-refractivity contribution >= 4 is 5.69 Å². The van der Waals surface area contributed by atoms with Crippen molar-refractivity contribution in [2.24, 2.45) is 0 Å². The van der Waals surface area contributed by atoms with Crippen LogP contribution in [0.15, 0.2) is 18.2 Å². The molecule has 1 aromatic carbocycles. The summed E-state index contributed by atoms with van der Waals surface area (Å²) in [6, 6.07) is 7.20. The van der Waals surface area contributed by atoms with E-state index in [2.05, 4.69) is 63.2 Å². The van der Waals surface area contributed by atoms with Crippen molar-refractivity contribution in [3.05, 3.63) is 29.3 Å². The first-order valence-corrected chi connectivity index (χ1v) is 6.02. The number of likely N-dealkylation sites (N-methyl/N-ethyl adjacent to an activating group) is 1. The molecular formula is C14H24N2. The number of hydrogen-bond donors (Lipinski definition) is 1. The van der Waals surface area contributed by atoms with Crippen molar-refractivity contribution in [3.63, 3.8) is 0 Å². The van der Waals surface area contributed by atoms with Gasteiger partial charge >= 0.3 is 0 Å². The van der Waals surface area contributed by atoms with Gasteiger partial charge in [-0.15, -0.1) is 0 Å². The Balaban J connectivity index is 2.52. The minimum Gasteiger partial charge on any atom is -0.373 e. The van der Waals surface area contributed by atoms with Crippen LogP contribution in [-0.4, -0.2) is 26.2 Å². The Bertz CT molecular complexity index is 332. The molecule has 1 aromatic rings. The fraction of sp³-hybridized carbons (Fsp3) is 0.571. The van der Waals surface area contributed by atoms with Crippen LogP contribution >= 0.6 is 0 Å². The van der Waals surface area contributed by atoms with Gasteiger partial charge in [-0.1, -0.05) is 19.9 Å². The molecule has 0 heterocycles. The third-order valence-corrected chi connectivity index (χ3v) is 2.93. The Morgan fingerprint density at radius 3 is 2.44 bits per heavy atom. The molecule has 0 atom stereocenters. The second-order valence-corrected chi connectivity index (χ2v) is 4.80. The lowest BCUT2D eigenvalue weighted by Crippen LogP contribution is -2.32. The van der Waals surface area contributed by atoms with E-state index in [1.807, 2.05) is 0 Å². The molecular weight excluding hydrogens is 196 g/mol. The maximum absolute atomic E-state index is 3.43. The normalized spacial score (nSPS) is 10.9. The highest BCUT2D eigenvalue weighted by Gasteiger charge is 2.02. The van der Waals surface area contributed by atoms with Gasteiger partial charge < -0.3 is 10.2 Å². The number of nitrogens with one attached hydrogen (secondary N) is 1. The molecule has 0 bridgehead atoms. The molecule has 2 nitrogen and oxygen atoms in total. The highest BCUT2D eigenvalue weighted by molar-refractivity contribution is 5.49. The van der Waals surface area contributed by atoms with E-state index < -0.39 is 0 Å². The second kappa shape index (κ2) is 5.90. The average Bonchev–Trinajstić information content (AvgIpc) is 2.21. The molecule has 0 amide bonds. The summed E-state index contributed by atoms with van der Waals surface area (Å²) in [5.41, 5.74) is 4.02. The molecule has 0 aliphatic carbocycles. The average molecular weight is 220 g/mol. The van der Waals surface area contributed by atoms with Gasteiger partial charge in [-0.25, -0.2) is 0 Å². The van der Waals surface area contributed by atoms with Crippen molar-refractivity contribution in [2.45, 2.75) is 33.7 Å². The monoisotopic (exact) mass is 220 g/mol. The van der Waals surface area contributed by atoms with E-state index in [0.29, 0.717) is 6.04 Å². The summed E-state index contributed by atoms with van der Waals surface area (Å²) in [7, 11) is 2.14. The minimum absolute atomic E-state index is 0.563. The van der Waals surface area contributed by atoms with Crippen LogP contribution < -0.4 is 10.2 Å². The molecule has 90 valence electrons. The summed E-state index contributed by atoms with van der Waals surface area (Å²) >= 11 is 0. The van der Waals surface area contributed by atoms with E-state index >= 15 is 0 Å². The Labute approximate surface area is 99.7 Å². The van der Waals surface area contributed by atoms with E-state index in [1.54, 1.807) is 0 Å². The van der Waals surface area contributed by atoms with Crippen LogP contribution in [0, 0.1) is 13.8 Å². The van der Waals surface area contributed by atoms with Crippen LogP contribution in [0.3, 0.4) is 0 Å². The van der Waals surface area contributed by atoms with Crippen LogP contribution in [0.5, 0.6) is 0 Å². The van der Waals surface area contributed by atoms with E-state index in [1.165, 1.54) is 16.8 Å². The maximum Gasteiger partial charge on any atom is 0.0366 e. The number of hydrogen-bond acceptors (Lipinski definition) is 2. The van der Waals surface area contributed by atoms with Crippen molar-refractivity contribution in [3.8, 4) is 0 Å². The Kier molecular flexibility index (Phi) is 4.81. The molecule has 0 aliphatic rings. The molecule has 0 unspecified atom stereocenters. The van der Waals surface area contributed by atoms with Gasteiger partial charge in [0.2, 0.25) is 0 Å². The second-order valence-electron chi connectivity index (χ2n) is 4.80. The largest absolute Gasteiger partial charge is 0.373 e. The summed E-state index contributed by atoms with van der Waals surface area (Å²) in [6.07, 6.45) is 0. The molecule has 0 saturated heterocycles. The lowest BCUT2D eigenvalue weighted by molar-refractivity contribution is 0.589. The first-order chi connectivity index (χ1) is 7.50. The molecule has 16 heavy (non-hydrogen) atoms. The fourth-order valence-corrected chi connectivity index (χ4v) is 1.61. The quantitative estimate of drug-likeness (QED) is 0.821. The van der Waals surface area contributed by atoms with Gasteiger partial charge in [0, 0.05) is 31.9 Å². The molecule has 1 N–H and O–H groups in total. The lowest BCUT2D eigenvalue weighted by Gasteiger charge is -2.21.